The first-order valence-corrected chi connectivity index (χ1v) is 12.0. The van der Waals surface area contributed by atoms with Gasteiger partial charge in [-0.05, 0) is 43.0 Å². The Bertz CT molecular complexity index is 1120. The molecule has 208 valence electrons. The third-order valence-electron chi connectivity index (χ3n) is 6.54. The Kier molecular flexibility index (Phi) is 8.78. The van der Waals surface area contributed by atoms with Crippen molar-refractivity contribution in [1.29, 1.82) is 0 Å². The number of likely N-dealkylation sites (tertiary alicyclic amines) is 1. The lowest BCUT2D eigenvalue weighted by molar-refractivity contribution is -0.143. The number of nitrogens with one attached hydrogen (secondary N) is 2. The summed E-state index contributed by atoms with van der Waals surface area (Å²) in [5.41, 5.74) is 1.98. The number of rotatable bonds is 7. The Morgan fingerprint density at radius 2 is 1.84 bits per heavy atom. The van der Waals surface area contributed by atoms with Crippen molar-refractivity contribution >= 4 is 23.6 Å². The summed E-state index contributed by atoms with van der Waals surface area (Å²) in [6.07, 6.45) is -6.16. The van der Waals surface area contributed by atoms with E-state index in [1.54, 1.807) is 18.2 Å². The van der Waals surface area contributed by atoms with Gasteiger partial charge in [-0.15, -0.1) is 0 Å². The molecule has 1 aromatic carbocycles. The lowest BCUT2D eigenvalue weighted by atomic mass is 9.99. The Hall–Kier alpha value is -3.51. The molecule has 2 heterocycles. The largest absolute Gasteiger partial charge is 0.416 e. The highest BCUT2D eigenvalue weighted by Crippen LogP contribution is 2.37. The van der Waals surface area contributed by atoms with Crippen LogP contribution in [0.15, 0.2) is 51.7 Å². The quantitative estimate of drug-likeness (QED) is 0.480. The second kappa shape index (κ2) is 11.5. The average Bonchev–Trinajstić information content (AvgIpc) is 3.34. The molecule has 13 heteroatoms. The van der Waals surface area contributed by atoms with Gasteiger partial charge in [-0.25, -0.2) is 0 Å². The van der Waals surface area contributed by atoms with Gasteiger partial charge in [-0.1, -0.05) is 13.5 Å². The fourth-order valence-electron chi connectivity index (χ4n) is 4.45. The highest BCUT2D eigenvalue weighted by atomic mass is 19.4. The number of carbonyl (C=O) groups excluding carboxylic acids is 1. The summed E-state index contributed by atoms with van der Waals surface area (Å²) in [4.78, 5) is 20.7. The zero-order valence-electron chi connectivity index (χ0n) is 21.3. The van der Waals surface area contributed by atoms with Crippen LogP contribution in [0.4, 0.5) is 32.0 Å². The molecule has 1 aromatic rings. The van der Waals surface area contributed by atoms with E-state index < -0.39 is 41.6 Å². The number of hydrogen-bond acceptors (Lipinski definition) is 5. The Labute approximate surface area is 217 Å². The first-order chi connectivity index (χ1) is 17.8. The summed E-state index contributed by atoms with van der Waals surface area (Å²) in [6, 6.07) is 1.08. The van der Waals surface area contributed by atoms with Crippen molar-refractivity contribution in [1.82, 2.24) is 15.2 Å². The third kappa shape index (κ3) is 6.67. The summed E-state index contributed by atoms with van der Waals surface area (Å²) in [5, 5.41) is 6.53. The molecule has 0 radical (unpaired) electrons. The van der Waals surface area contributed by atoms with Gasteiger partial charge in [0.2, 0.25) is 5.91 Å². The molecule has 1 unspecified atom stereocenters. The second-order valence-electron chi connectivity index (χ2n) is 9.06. The summed E-state index contributed by atoms with van der Waals surface area (Å²) in [5.74, 6) is 0.159. The number of benzene rings is 1. The molecule has 1 atom stereocenters. The minimum Gasteiger partial charge on any atom is -0.376 e. The fraction of sp³-hybridized carbons (Fsp3) is 0.480. The van der Waals surface area contributed by atoms with Gasteiger partial charge in [0.1, 0.15) is 0 Å². The van der Waals surface area contributed by atoms with E-state index in [1.807, 2.05) is 18.9 Å². The molecule has 2 aliphatic heterocycles. The number of allylic oxidation sites excluding steroid dienone is 1. The molecule has 0 aliphatic carbocycles. The number of amides is 1. The number of piperidine rings is 1. The second-order valence-corrected chi connectivity index (χ2v) is 9.06. The van der Waals surface area contributed by atoms with E-state index in [4.69, 9.17) is 0 Å². The minimum atomic E-state index is -4.97. The average molecular weight is 545 g/mol. The maximum atomic E-state index is 13.1. The van der Waals surface area contributed by atoms with Gasteiger partial charge < -0.3 is 15.1 Å². The topological polar surface area (TPSA) is 72.3 Å². The zero-order valence-corrected chi connectivity index (χ0v) is 21.3. The molecule has 0 spiro atoms. The van der Waals surface area contributed by atoms with Crippen LogP contribution in [0.1, 0.15) is 37.3 Å². The van der Waals surface area contributed by atoms with Crippen molar-refractivity contribution < 1.29 is 31.1 Å². The number of likely N-dealkylation sites (N-methyl/N-ethyl adjacent to an activating group) is 1. The van der Waals surface area contributed by atoms with Crippen LogP contribution in [-0.2, 0) is 17.1 Å². The van der Waals surface area contributed by atoms with Crippen LogP contribution in [-0.4, -0.2) is 67.5 Å². The normalized spacial score (nSPS) is 20.4. The van der Waals surface area contributed by atoms with Gasteiger partial charge in [-0.3, -0.25) is 15.2 Å². The molecule has 2 N–H and O–H groups in total. The molecule has 0 saturated carbocycles. The lowest BCUT2D eigenvalue weighted by Gasteiger charge is -2.40. The number of halogens is 6. The Balaban J connectivity index is 1.75. The number of carbonyl (C=O) groups is 1. The highest BCUT2D eigenvalue weighted by molar-refractivity contribution is 6.19. The molecule has 1 saturated heterocycles. The van der Waals surface area contributed by atoms with Crippen LogP contribution in [0.5, 0.6) is 0 Å². The van der Waals surface area contributed by atoms with E-state index in [-0.39, 0.29) is 12.1 Å². The first-order valence-electron chi connectivity index (χ1n) is 12.0. The van der Waals surface area contributed by atoms with Crippen molar-refractivity contribution in [3.63, 3.8) is 0 Å². The lowest BCUT2D eigenvalue weighted by Crippen LogP contribution is -2.50. The number of anilines is 1. The third-order valence-corrected chi connectivity index (χ3v) is 6.54. The summed E-state index contributed by atoms with van der Waals surface area (Å²) >= 11 is 0. The molecule has 0 bridgehead atoms. The van der Waals surface area contributed by atoms with Crippen molar-refractivity contribution in [3.05, 3.63) is 52.7 Å². The van der Waals surface area contributed by atoms with Crippen LogP contribution in [0.3, 0.4) is 0 Å². The standard InChI is InChI=1S/C25H30F6N6O/c1-5-15(2)22(20-12-34-35-23(20)32-3)36(4)19-7-6-8-37(14-19)21(38)13-33-18-10-16(24(26,27)28)9-17(11-18)25(29,30)31/h9-12,19,33H,2,5-8,13-14H2,1,3-4H3,(H,32,35)/b22-20+. The zero-order chi connectivity index (χ0) is 28.3. The first kappa shape index (κ1) is 29.1. The molecule has 2 aliphatic rings. The monoisotopic (exact) mass is 544 g/mol. The van der Waals surface area contributed by atoms with E-state index in [9.17, 15) is 31.1 Å². The number of aliphatic imine (C=N–C) groups is 1. The number of amidine groups is 1. The van der Waals surface area contributed by atoms with Crippen LogP contribution in [0.2, 0.25) is 0 Å². The van der Waals surface area contributed by atoms with Gasteiger partial charge in [0, 0.05) is 38.9 Å². The number of hydrogen-bond donors (Lipinski definition) is 2. The Morgan fingerprint density at radius 1 is 1.21 bits per heavy atom. The van der Waals surface area contributed by atoms with Crippen LogP contribution in [0, 0.1) is 0 Å². The summed E-state index contributed by atoms with van der Waals surface area (Å²) in [6.45, 7) is 6.44. The predicted molar refractivity (Wildman–Crippen MR) is 134 cm³/mol. The summed E-state index contributed by atoms with van der Waals surface area (Å²) < 4.78 is 78.9. The number of hydrazone groups is 1. The fourth-order valence-corrected chi connectivity index (χ4v) is 4.45. The van der Waals surface area contributed by atoms with Gasteiger partial charge >= 0.3 is 12.4 Å². The maximum Gasteiger partial charge on any atom is 0.416 e. The van der Waals surface area contributed by atoms with Gasteiger partial charge in [0.15, 0.2) is 5.84 Å². The molecule has 38 heavy (non-hydrogen) atoms. The SMILES string of the molecule is C=C(CC)/C(=C1/C=NNC1=NC)N(C)C1CCCN(C(=O)CNc2cc(C(F)(F)F)cc(C(F)(F)F)c2)C1. The highest BCUT2D eigenvalue weighted by Gasteiger charge is 2.37. The molecule has 0 aromatic heterocycles. The van der Waals surface area contributed by atoms with E-state index in [0.29, 0.717) is 43.9 Å². The molecule has 1 fully saturated rings. The van der Waals surface area contributed by atoms with Gasteiger partial charge in [-0.2, -0.15) is 31.4 Å². The maximum absolute atomic E-state index is 13.1. The molecular weight excluding hydrogens is 514 g/mol. The van der Waals surface area contributed by atoms with E-state index in [1.165, 1.54) is 0 Å². The van der Waals surface area contributed by atoms with E-state index in [2.05, 4.69) is 27.4 Å². The molecular formula is C25H30F6N6O. The Morgan fingerprint density at radius 3 is 2.39 bits per heavy atom. The van der Waals surface area contributed by atoms with E-state index in [0.717, 1.165) is 23.3 Å². The van der Waals surface area contributed by atoms with Crippen molar-refractivity contribution in [2.45, 2.75) is 44.6 Å². The number of nitrogens with zero attached hydrogens (tertiary/aromatic N) is 4. The molecule has 1 amide bonds. The van der Waals surface area contributed by atoms with Crippen LogP contribution < -0.4 is 10.7 Å². The van der Waals surface area contributed by atoms with Crippen molar-refractivity contribution in [2.75, 3.05) is 39.0 Å². The van der Waals surface area contributed by atoms with Crippen molar-refractivity contribution in [2.24, 2.45) is 10.1 Å². The predicted octanol–water partition coefficient (Wildman–Crippen LogP) is 4.90. The van der Waals surface area contributed by atoms with Crippen molar-refractivity contribution in [3.8, 4) is 0 Å². The van der Waals surface area contributed by atoms with Gasteiger partial charge in [0.25, 0.3) is 0 Å². The smallest absolute Gasteiger partial charge is 0.376 e. The summed E-state index contributed by atoms with van der Waals surface area (Å²) in [7, 11) is 3.53. The molecule has 3 rings (SSSR count). The minimum absolute atomic E-state index is 0.0492. The molecule has 7 nitrogen and oxygen atoms in total. The van der Waals surface area contributed by atoms with Crippen LogP contribution in [0.25, 0.3) is 0 Å². The number of alkyl halides is 6. The van der Waals surface area contributed by atoms with E-state index >= 15 is 0 Å². The van der Waals surface area contributed by atoms with Gasteiger partial charge in [0.05, 0.1) is 35.2 Å². The van der Waals surface area contributed by atoms with Crippen LogP contribution >= 0.6 is 0 Å².